The fourth-order valence-corrected chi connectivity index (χ4v) is 1.79. The number of anilines is 1. The van der Waals surface area contributed by atoms with E-state index in [1.165, 1.54) is 18.3 Å². The van der Waals surface area contributed by atoms with E-state index in [1.807, 2.05) is 6.92 Å². The molecular formula is C13H11F2N5O. The van der Waals surface area contributed by atoms with E-state index in [0.717, 1.165) is 6.07 Å². The highest BCUT2D eigenvalue weighted by Gasteiger charge is 2.15. The zero-order valence-electron chi connectivity index (χ0n) is 11.0. The van der Waals surface area contributed by atoms with Gasteiger partial charge in [0.2, 0.25) is 17.6 Å². The van der Waals surface area contributed by atoms with Crippen molar-refractivity contribution in [3.8, 4) is 11.6 Å². The lowest BCUT2D eigenvalue weighted by Crippen LogP contribution is -2.03. The van der Waals surface area contributed by atoms with E-state index < -0.39 is 11.6 Å². The van der Waals surface area contributed by atoms with Gasteiger partial charge in [0.25, 0.3) is 0 Å². The number of nitrogens with zero attached hydrogens (tertiary/aromatic N) is 3. The SMILES string of the molecule is CCNc1nc(Oc2cccc(F)c2F)c2cn[nH]c2n1. The average molecular weight is 291 g/mol. The first kappa shape index (κ1) is 13.2. The molecule has 108 valence electrons. The van der Waals surface area contributed by atoms with E-state index >= 15 is 0 Å². The molecule has 0 aliphatic heterocycles. The fourth-order valence-electron chi connectivity index (χ4n) is 1.79. The number of rotatable bonds is 4. The second-order valence-corrected chi connectivity index (χ2v) is 4.17. The Bertz CT molecular complexity index is 789. The third kappa shape index (κ3) is 2.47. The molecule has 0 atom stereocenters. The summed E-state index contributed by atoms with van der Waals surface area (Å²) in [6.07, 6.45) is 1.46. The van der Waals surface area contributed by atoms with Gasteiger partial charge >= 0.3 is 0 Å². The van der Waals surface area contributed by atoms with E-state index in [0.29, 0.717) is 23.5 Å². The largest absolute Gasteiger partial charge is 0.435 e. The molecule has 3 rings (SSSR count). The normalized spacial score (nSPS) is 10.8. The number of aromatic amines is 1. The first-order valence-corrected chi connectivity index (χ1v) is 6.26. The second-order valence-electron chi connectivity index (χ2n) is 4.17. The monoisotopic (exact) mass is 291 g/mol. The summed E-state index contributed by atoms with van der Waals surface area (Å²) in [5, 5.41) is 9.92. The van der Waals surface area contributed by atoms with E-state index in [9.17, 15) is 8.78 Å². The van der Waals surface area contributed by atoms with Crippen LogP contribution in [-0.4, -0.2) is 26.7 Å². The van der Waals surface area contributed by atoms with Crippen LogP contribution in [0.3, 0.4) is 0 Å². The predicted molar refractivity (Wildman–Crippen MR) is 72.3 cm³/mol. The van der Waals surface area contributed by atoms with Gasteiger partial charge in [0, 0.05) is 6.54 Å². The molecule has 0 unspecified atom stereocenters. The number of halogens is 2. The van der Waals surface area contributed by atoms with Crippen molar-refractivity contribution in [3.05, 3.63) is 36.0 Å². The van der Waals surface area contributed by atoms with Crippen molar-refractivity contribution >= 4 is 17.0 Å². The van der Waals surface area contributed by atoms with Gasteiger partial charge in [0.05, 0.1) is 6.20 Å². The number of benzene rings is 1. The number of fused-ring (bicyclic) bond motifs is 1. The Morgan fingerprint density at radius 2 is 2.14 bits per heavy atom. The third-order valence-electron chi connectivity index (χ3n) is 2.73. The molecule has 0 aliphatic rings. The third-order valence-corrected chi connectivity index (χ3v) is 2.73. The van der Waals surface area contributed by atoms with Gasteiger partial charge in [-0.05, 0) is 19.1 Å². The number of aromatic nitrogens is 4. The van der Waals surface area contributed by atoms with Crippen molar-refractivity contribution in [1.29, 1.82) is 0 Å². The Labute approximate surface area is 118 Å². The lowest BCUT2D eigenvalue weighted by molar-refractivity contribution is 0.409. The topological polar surface area (TPSA) is 75.7 Å². The Morgan fingerprint density at radius 3 is 2.95 bits per heavy atom. The Balaban J connectivity index is 2.06. The van der Waals surface area contributed by atoms with E-state index in [-0.39, 0.29) is 11.6 Å². The molecule has 2 aromatic heterocycles. The molecule has 8 heteroatoms. The smallest absolute Gasteiger partial charge is 0.235 e. The van der Waals surface area contributed by atoms with Gasteiger partial charge in [-0.3, -0.25) is 5.10 Å². The van der Waals surface area contributed by atoms with E-state index in [2.05, 4.69) is 25.5 Å². The summed E-state index contributed by atoms with van der Waals surface area (Å²) < 4.78 is 32.3. The predicted octanol–water partition coefficient (Wildman–Crippen LogP) is 2.86. The molecule has 2 N–H and O–H groups in total. The van der Waals surface area contributed by atoms with Crippen LogP contribution in [0.2, 0.25) is 0 Å². The van der Waals surface area contributed by atoms with Crippen LogP contribution in [0.15, 0.2) is 24.4 Å². The van der Waals surface area contributed by atoms with Crippen molar-refractivity contribution < 1.29 is 13.5 Å². The Morgan fingerprint density at radius 1 is 1.29 bits per heavy atom. The van der Waals surface area contributed by atoms with Crippen molar-refractivity contribution in [2.75, 3.05) is 11.9 Å². The van der Waals surface area contributed by atoms with Crippen molar-refractivity contribution in [1.82, 2.24) is 20.2 Å². The minimum atomic E-state index is -1.07. The van der Waals surface area contributed by atoms with Gasteiger partial charge in [0.15, 0.2) is 17.2 Å². The van der Waals surface area contributed by atoms with Crippen molar-refractivity contribution in [2.24, 2.45) is 0 Å². The summed E-state index contributed by atoms with van der Waals surface area (Å²) >= 11 is 0. The van der Waals surface area contributed by atoms with Gasteiger partial charge in [-0.15, -0.1) is 0 Å². The van der Waals surface area contributed by atoms with Crippen LogP contribution < -0.4 is 10.1 Å². The van der Waals surface area contributed by atoms with Crippen LogP contribution in [0.1, 0.15) is 6.92 Å². The molecule has 0 saturated carbocycles. The van der Waals surface area contributed by atoms with E-state index in [4.69, 9.17) is 4.74 Å². The van der Waals surface area contributed by atoms with Crippen LogP contribution in [0.5, 0.6) is 11.6 Å². The lowest BCUT2D eigenvalue weighted by atomic mass is 10.3. The molecule has 6 nitrogen and oxygen atoms in total. The summed E-state index contributed by atoms with van der Waals surface area (Å²) in [5.41, 5.74) is 0.438. The maximum atomic E-state index is 13.7. The van der Waals surface area contributed by atoms with Gasteiger partial charge in [-0.25, -0.2) is 4.39 Å². The van der Waals surface area contributed by atoms with Crippen LogP contribution in [0, 0.1) is 11.6 Å². The van der Waals surface area contributed by atoms with Crippen LogP contribution >= 0.6 is 0 Å². The number of ether oxygens (including phenoxy) is 1. The standard InChI is InChI=1S/C13H11F2N5O/c1-2-16-13-18-11-7(6-17-20-11)12(19-13)21-9-5-3-4-8(14)10(9)15/h3-6H,2H2,1H3,(H2,16,17,18,19,20). The number of nitrogens with one attached hydrogen (secondary N) is 2. The second kappa shape index (κ2) is 5.31. The molecule has 0 radical (unpaired) electrons. The lowest BCUT2D eigenvalue weighted by Gasteiger charge is -2.08. The van der Waals surface area contributed by atoms with Crippen LogP contribution in [0.4, 0.5) is 14.7 Å². The number of hydrogen-bond acceptors (Lipinski definition) is 5. The summed E-state index contributed by atoms with van der Waals surface area (Å²) in [6, 6.07) is 3.69. The van der Waals surface area contributed by atoms with E-state index in [1.54, 1.807) is 0 Å². The summed E-state index contributed by atoms with van der Waals surface area (Å²) in [6.45, 7) is 2.49. The van der Waals surface area contributed by atoms with Crippen LogP contribution in [0.25, 0.3) is 11.0 Å². The Hall–Kier alpha value is -2.77. The molecule has 0 aliphatic carbocycles. The number of hydrogen-bond donors (Lipinski definition) is 2. The average Bonchev–Trinajstić information content (AvgIpc) is 2.93. The molecule has 3 aromatic rings. The van der Waals surface area contributed by atoms with Gasteiger partial charge in [0.1, 0.15) is 5.39 Å². The highest BCUT2D eigenvalue weighted by Crippen LogP contribution is 2.29. The fraction of sp³-hybridized carbons (Fsp3) is 0.154. The molecule has 0 amide bonds. The maximum absolute atomic E-state index is 13.7. The molecule has 21 heavy (non-hydrogen) atoms. The molecular weight excluding hydrogens is 280 g/mol. The molecule has 0 spiro atoms. The Kier molecular flexibility index (Phi) is 3.35. The first-order chi connectivity index (χ1) is 10.2. The first-order valence-electron chi connectivity index (χ1n) is 6.26. The van der Waals surface area contributed by atoms with Crippen molar-refractivity contribution in [2.45, 2.75) is 6.92 Å². The molecule has 1 aromatic carbocycles. The van der Waals surface area contributed by atoms with Gasteiger partial charge < -0.3 is 10.1 Å². The molecule has 0 saturated heterocycles. The molecule has 0 bridgehead atoms. The summed E-state index contributed by atoms with van der Waals surface area (Å²) in [7, 11) is 0. The zero-order valence-corrected chi connectivity index (χ0v) is 11.0. The van der Waals surface area contributed by atoms with Crippen LogP contribution in [-0.2, 0) is 0 Å². The zero-order chi connectivity index (χ0) is 14.8. The maximum Gasteiger partial charge on any atom is 0.235 e. The minimum Gasteiger partial charge on any atom is -0.435 e. The summed E-state index contributed by atoms with van der Waals surface area (Å²) in [5.74, 6) is -1.91. The highest BCUT2D eigenvalue weighted by molar-refractivity contribution is 5.80. The highest BCUT2D eigenvalue weighted by atomic mass is 19.2. The van der Waals surface area contributed by atoms with Gasteiger partial charge in [-0.2, -0.15) is 19.5 Å². The quantitative estimate of drug-likeness (QED) is 0.773. The van der Waals surface area contributed by atoms with Gasteiger partial charge in [-0.1, -0.05) is 6.07 Å². The number of H-pyrrole nitrogens is 1. The summed E-state index contributed by atoms with van der Waals surface area (Å²) in [4.78, 5) is 8.31. The van der Waals surface area contributed by atoms with Crippen molar-refractivity contribution in [3.63, 3.8) is 0 Å². The molecule has 0 fully saturated rings. The molecule has 2 heterocycles. The minimum absolute atomic E-state index is 0.0919.